The summed E-state index contributed by atoms with van der Waals surface area (Å²) in [4.78, 5) is 37.4. The van der Waals surface area contributed by atoms with Gasteiger partial charge >= 0.3 is 11.8 Å². The maximum atomic E-state index is 12.4. The number of H-pyrrole nitrogens is 1. The normalized spacial score (nSPS) is 10.4. The van der Waals surface area contributed by atoms with Crippen LogP contribution in [0.15, 0.2) is 48.7 Å². The quantitative estimate of drug-likeness (QED) is 0.485. The summed E-state index contributed by atoms with van der Waals surface area (Å²) in [5.41, 5.74) is 7.41. The predicted octanol–water partition coefficient (Wildman–Crippen LogP) is 1.66. The van der Waals surface area contributed by atoms with Gasteiger partial charge in [0.05, 0.1) is 17.4 Å². The second-order valence-electron chi connectivity index (χ2n) is 5.38. The van der Waals surface area contributed by atoms with Gasteiger partial charge < -0.3 is 11.1 Å². The molecule has 1 heterocycles. The van der Waals surface area contributed by atoms with Gasteiger partial charge in [-0.05, 0) is 36.4 Å². The fourth-order valence-corrected chi connectivity index (χ4v) is 2.41. The molecule has 8 nitrogen and oxygen atoms in total. The van der Waals surface area contributed by atoms with Crippen LogP contribution in [-0.2, 0) is 14.4 Å². The van der Waals surface area contributed by atoms with Gasteiger partial charge in [0, 0.05) is 23.7 Å². The SMILES string of the molecule is CC(=O)N(C(=O)C(=O)Nc1ccc2cn[nH]c2c1)c1cccc(N)c1. The van der Waals surface area contributed by atoms with Crippen molar-refractivity contribution in [2.75, 3.05) is 16.0 Å². The minimum absolute atomic E-state index is 0.233. The fraction of sp³-hybridized carbons (Fsp3) is 0.0588. The minimum atomic E-state index is -0.997. The summed E-state index contributed by atoms with van der Waals surface area (Å²) >= 11 is 0. The van der Waals surface area contributed by atoms with E-state index in [4.69, 9.17) is 5.73 Å². The molecule has 0 saturated carbocycles. The molecule has 0 unspecified atom stereocenters. The Balaban J connectivity index is 1.83. The standard InChI is InChI=1S/C17H15N5O3/c1-10(23)22(14-4-2-3-12(18)7-14)17(25)16(24)20-13-6-5-11-9-19-21-15(11)8-13/h2-9H,18H2,1H3,(H,19,21)(H,20,24). The molecule has 3 aromatic rings. The lowest BCUT2D eigenvalue weighted by Crippen LogP contribution is -2.42. The second kappa shape index (κ2) is 6.44. The van der Waals surface area contributed by atoms with Crippen LogP contribution in [0.4, 0.5) is 17.1 Å². The molecule has 0 aliphatic carbocycles. The lowest BCUT2D eigenvalue weighted by Gasteiger charge is -2.19. The highest BCUT2D eigenvalue weighted by Gasteiger charge is 2.27. The number of hydrogen-bond acceptors (Lipinski definition) is 5. The largest absolute Gasteiger partial charge is 0.399 e. The zero-order valence-electron chi connectivity index (χ0n) is 13.3. The van der Waals surface area contributed by atoms with Gasteiger partial charge in [0.2, 0.25) is 5.91 Å². The Bertz CT molecular complexity index is 979. The third-order valence-corrected chi connectivity index (χ3v) is 3.54. The van der Waals surface area contributed by atoms with Crippen molar-refractivity contribution in [2.45, 2.75) is 6.92 Å². The van der Waals surface area contributed by atoms with E-state index in [0.717, 1.165) is 10.3 Å². The van der Waals surface area contributed by atoms with Crippen LogP contribution in [0.1, 0.15) is 6.92 Å². The molecule has 25 heavy (non-hydrogen) atoms. The molecule has 2 aromatic carbocycles. The number of nitrogen functional groups attached to an aromatic ring is 1. The summed E-state index contributed by atoms with van der Waals surface area (Å²) in [6.45, 7) is 1.20. The van der Waals surface area contributed by atoms with Crippen LogP contribution in [0, 0.1) is 0 Å². The van der Waals surface area contributed by atoms with Crippen LogP contribution in [0.2, 0.25) is 0 Å². The number of fused-ring (bicyclic) bond motifs is 1. The molecule has 0 saturated heterocycles. The number of aromatic amines is 1. The van der Waals surface area contributed by atoms with Crippen molar-refractivity contribution in [3.05, 3.63) is 48.7 Å². The van der Waals surface area contributed by atoms with Crippen LogP contribution in [0.5, 0.6) is 0 Å². The summed E-state index contributed by atoms with van der Waals surface area (Å²) in [6, 6.07) is 11.2. The first-order valence-corrected chi connectivity index (χ1v) is 7.40. The Kier molecular flexibility index (Phi) is 4.17. The van der Waals surface area contributed by atoms with Crippen molar-refractivity contribution in [3.8, 4) is 0 Å². The van der Waals surface area contributed by atoms with E-state index < -0.39 is 17.7 Å². The number of benzene rings is 2. The molecule has 4 N–H and O–H groups in total. The summed E-state index contributed by atoms with van der Waals surface area (Å²) in [5.74, 6) is -2.52. The third kappa shape index (κ3) is 3.32. The molecule has 0 bridgehead atoms. The number of nitrogens with zero attached hydrogens (tertiary/aromatic N) is 2. The smallest absolute Gasteiger partial charge is 0.323 e. The van der Waals surface area contributed by atoms with Crippen LogP contribution in [-0.4, -0.2) is 27.9 Å². The Morgan fingerprint density at radius 3 is 2.68 bits per heavy atom. The maximum absolute atomic E-state index is 12.4. The van der Waals surface area contributed by atoms with Crippen LogP contribution in [0.25, 0.3) is 10.9 Å². The first-order valence-electron chi connectivity index (χ1n) is 7.40. The van der Waals surface area contributed by atoms with Gasteiger partial charge in [0.1, 0.15) is 0 Å². The van der Waals surface area contributed by atoms with E-state index in [1.165, 1.54) is 19.1 Å². The molecule has 8 heteroatoms. The highest BCUT2D eigenvalue weighted by molar-refractivity contribution is 6.48. The van der Waals surface area contributed by atoms with E-state index >= 15 is 0 Å². The van der Waals surface area contributed by atoms with E-state index in [9.17, 15) is 14.4 Å². The minimum Gasteiger partial charge on any atom is -0.399 e. The van der Waals surface area contributed by atoms with Gasteiger partial charge in [0.15, 0.2) is 0 Å². The van der Waals surface area contributed by atoms with Crippen LogP contribution < -0.4 is 16.0 Å². The lowest BCUT2D eigenvalue weighted by atomic mass is 10.2. The van der Waals surface area contributed by atoms with E-state index in [2.05, 4.69) is 15.5 Å². The number of amides is 3. The molecule has 1 aromatic heterocycles. The summed E-state index contributed by atoms with van der Waals surface area (Å²) in [5, 5.41) is 10.0. The lowest BCUT2D eigenvalue weighted by molar-refractivity contribution is -0.136. The molecule has 0 atom stereocenters. The highest BCUT2D eigenvalue weighted by Crippen LogP contribution is 2.20. The molecular formula is C17H15N5O3. The number of anilines is 3. The molecule has 0 spiro atoms. The topological polar surface area (TPSA) is 121 Å². The number of carbonyl (C=O) groups is 3. The number of rotatable bonds is 2. The van der Waals surface area contributed by atoms with Gasteiger partial charge in [-0.25, -0.2) is 4.90 Å². The zero-order valence-corrected chi connectivity index (χ0v) is 13.3. The fourth-order valence-electron chi connectivity index (χ4n) is 2.41. The Labute approximate surface area is 142 Å². The molecule has 0 radical (unpaired) electrons. The molecule has 3 amide bonds. The van der Waals surface area contributed by atoms with Crippen LogP contribution in [0.3, 0.4) is 0 Å². The Morgan fingerprint density at radius 2 is 1.96 bits per heavy atom. The predicted molar refractivity (Wildman–Crippen MR) is 93.7 cm³/mol. The highest BCUT2D eigenvalue weighted by atomic mass is 16.2. The summed E-state index contributed by atoms with van der Waals surface area (Å²) < 4.78 is 0. The van der Waals surface area contributed by atoms with E-state index in [-0.39, 0.29) is 5.69 Å². The maximum Gasteiger partial charge on any atom is 0.323 e. The Morgan fingerprint density at radius 1 is 1.16 bits per heavy atom. The van der Waals surface area contributed by atoms with Gasteiger partial charge in [-0.15, -0.1) is 0 Å². The number of carbonyl (C=O) groups excluding carboxylic acids is 3. The van der Waals surface area contributed by atoms with Crippen molar-refractivity contribution < 1.29 is 14.4 Å². The van der Waals surface area contributed by atoms with Gasteiger partial charge in [-0.1, -0.05) is 6.07 Å². The summed E-state index contributed by atoms with van der Waals surface area (Å²) in [6.07, 6.45) is 1.64. The molecule has 3 rings (SSSR count). The first kappa shape index (κ1) is 16.2. The number of nitrogens with one attached hydrogen (secondary N) is 2. The second-order valence-corrected chi connectivity index (χ2v) is 5.38. The number of imide groups is 1. The van der Waals surface area contributed by atoms with Gasteiger partial charge in [-0.3, -0.25) is 19.5 Å². The monoisotopic (exact) mass is 337 g/mol. The molecule has 126 valence electrons. The zero-order chi connectivity index (χ0) is 18.0. The van der Waals surface area contributed by atoms with Crippen molar-refractivity contribution in [1.82, 2.24) is 10.2 Å². The van der Waals surface area contributed by atoms with E-state index in [1.54, 1.807) is 36.5 Å². The molecular weight excluding hydrogens is 322 g/mol. The molecule has 0 aliphatic heterocycles. The molecule has 0 fully saturated rings. The van der Waals surface area contributed by atoms with Crippen LogP contribution >= 0.6 is 0 Å². The van der Waals surface area contributed by atoms with E-state index in [1.807, 2.05) is 0 Å². The van der Waals surface area contributed by atoms with Crippen molar-refractivity contribution in [3.63, 3.8) is 0 Å². The first-order chi connectivity index (χ1) is 12.0. The molecule has 0 aliphatic rings. The number of hydrogen-bond donors (Lipinski definition) is 3. The van der Waals surface area contributed by atoms with Gasteiger partial charge in [-0.2, -0.15) is 5.10 Å². The third-order valence-electron chi connectivity index (χ3n) is 3.54. The van der Waals surface area contributed by atoms with Crippen molar-refractivity contribution in [1.29, 1.82) is 0 Å². The Hall–Kier alpha value is -3.68. The number of nitrogens with two attached hydrogens (primary N) is 1. The van der Waals surface area contributed by atoms with Gasteiger partial charge in [0.25, 0.3) is 0 Å². The van der Waals surface area contributed by atoms with Crippen molar-refractivity contribution >= 4 is 45.7 Å². The van der Waals surface area contributed by atoms with E-state index in [0.29, 0.717) is 16.9 Å². The average Bonchev–Trinajstić information content (AvgIpc) is 3.02. The number of aromatic nitrogens is 2. The average molecular weight is 337 g/mol. The summed E-state index contributed by atoms with van der Waals surface area (Å²) in [7, 11) is 0. The van der Waals surface area contributed by atoms with Crippen molar-refractivity contribution in [2.24, 2.45) is 0 Å².